The van der Waals surface area contributed by atoms with E-state index in [2.05, 4.69) is 16.0 Å². The second-order valence-corrected chi connectivity index (χ2v) is 5.32. The first-order chi connectivity index (χ1) is 9.69. The van der Waals surface area contributed by atoms with E-state index in [-0.39, 0.29) is 0 Å². The zero-order valence-corrected chi connectivity index (χ0v) is 11.7. The number of aromatic nitrogens is 1. The SMILES string of the molecule is N=Cc1c(N)cc(Cl)cc1N1CCc2ccncc2C1. The van der Waals surface area contributed by atoms with Gasteiger partial charge in [0.1, 0.15) is 0 Å². The number of nitrogens with zero attached hydrogens (tertiary/aromatic N) is 2. The van der Waals surface area contributed by atoms with E-state index in [9.17, 15) is 0 Å². The van der Waals surface area contributed by atoms with Crippen LogP contribution in [0.4, 0.5) is 11.4 Å². The van der Waals surface area contributed by atoms with E-state index in [0.29, 0.717) is 10.7 Å². The minimum Gasteiger partial charge on any atom is -0.398 e. The molecule has 1 aliphatic heterocycles. The van der Waals surface area contributed by atoms with Crippen LogP contribution in [-0.4, -0.2) is 17.7 Å². The molecule has 0 unspecified atom stereocenters. The maximum absolute atomic E-state index is 7.57. The van der Waals surface area contributed by atoms with Crippen molar-refractivity contribution >= 4 is 29.2 Å². The first kappa shape index (κ1) is 12.9. The Morgan fingerprint density at radius 3 is 3.00 bits per heavy atom. The zero-order chi connectivity index (χ0) is 14.1. The maximum Gasteiger partial charge on any atom is 0.0494 e. The van der Waals surface area contributed by atoms with Crippen molar-refractivity contribution in [2.45, 2.75) is 13.0 Å². The quantitative estimate of drug-likeness (QED) is 0.659. The summed E-state index contributed by atoms with van der Waals surface area (Å²) in [6.45, 7) is 1.65. The van der Waals surface area contributed by atoms with E-state index in [0.717, 1.165) is 30.8 Å². The minimum atomic E-state index is 0.541. The Bertz CT molecular complexity index is 669. The van der Waals surface area contributed by atoms with Gasteiger partial charge in [-0.25, -0.2) is 0 Å². The highest BCUT2D eigenvalue weighted by Gasteiger charge is 2.19. The Hall–Kier alpha value is -2.07. The highest BCUT2D eigenvalue weighted by molar-refractivity contribution is 6.31. The number of hydrogen-bond donors (Lipinski definition) is 2. The summed E-state index contributed by atoms with van der Waals surface area (Å²) in [6, 6.07) is 5.63. The van der Waals surface area contributed by atoms with Gasteiger partial charge in [0.25, 0.3) is 0 Å². The number of nitrogen functional groups attached to an aromatic ring is 1. The van der Waals surface area contributed by atoms with Gasteiger partial charge in [-0.1, -0.05) is 11.6 Å². The lowest BCUT2D eigenvalue weighted by Gasteiger charge is -2.32. The first-order valence-corrected chi connectivity index (χ1v) is 6.83. The van der Waals surface area contributed by atoms with Crippen molar-refractivity contribution in [2.24, 2.45) is 0 Å². The number of rotatable bonds is 2. The molecule has 1 aromatic carbocycles. The van der Waals surface area contributed by atoms with E-state index in [1.807, 2.05) is 18.5 Å². The molecule has 20 heavy (non-hydrogen) atoms. The van der Waals surface area contributed by atoms with Gasteiger partial charge in [0.2, 0.25) is 0 Å². The second-order valence-electron chi connectivity index (χ2n) is 4.89. The van der Waals surface area contributed by atoms with Crippen molar-refractivity contribution < 1.29 is 0 Å². The zero-order valence-electron chi connectivity index (χ0n) is 10.9. The summed E-state index contributed by atoms with van der Waals surface area (Å²) in [5, 5.41) is 8.17. The molecule has 4 nitrogen and oxygen atoms in total. The first-order valence-electron chi connectivity index (χ1n) is 6.45. The number of pyridine rings is 1. The Kier molecular flexibility index (Phi) is 3.32. The van der Waals surface area contributed by atoms with E-state index in [1.165, 1.54) is 17.3 Å². The number of benzene rings is 1. The lowest BCUT2D eigenvalue weighted by molar-refractivity contribution is 0.727. The summed E-state index contributed by atoms with van der Waals surface area (Å²) < 4.78 is 0. The van der Waals surface area contributed by atoms with Crippen molar-refractivity contribution in [3.8, 4) is 0 Å². The maximum atomic E-state index is 7.57. The summed E-state index contributed by atoms with van der Waals surface area (Å²) >= 11 is 6.10. The van der Waals surface area contributed by atoms with Crippen LogP contribution in [0.25, 0.3) is 0 Å². The average Bonchev–Trinajstić information content (AvgIpc) is 2.46. The molecule has 3 rings (SSSR count). The van der Waals surface area contributed by atoms with Crippen molar-refractivity contribution in [3.63, 3.8) is 0 Å². The normalized spacial score (nSPS) is 13.9. The van der Waals surface area contributed by atoms with Gasteiger partial charge in [-0.05, 0) is 35.7 Å². The summed E-state index contributed by atoms with van der Waals surface area (Å²) in [7, 11) is 0. The fourth-order valence-electron chi connectivity index (χ4n) is 2.63. The van der Waals surface area contributed by atoms with Crippen LogP contribution in [0.5, 0.6) is 0 Å². The molecule has 2 aromatic rings. The lowest BCUT2D eigenvalue weighted by atomic mass is 10.0. The van der Waals surface area contributed by atoms with Gasteiger partial charge in [0.05, 0.1) is 0 Å². The van der Waals surface area contributed by atoms with Gasteiger partial charge in [0.15, 0.2) is 0 Å². The molecule has 1 aromatic heterocycles. The fraction of sp³-hybridized carbons (Fsp3) is 0.200. The molecule has 5 heteroatoms. The predicted molar refractivity (Wildman–Crippen MR) is 82.7 cm³/mol. The van der Waals surface area contributed by atoms with Crippen LogP contribution >= 0.6 is 11.6 Å². The Morgan fingerprint density at radius 2 is 2.20 bits per heavy atom. The molecule has 0 bridgehead atoms. The molecular weight excluding hydrogens is 272 g/mol. The number of hydrogen-bond acceptors (Lipinski definition) is 4. The molecule has 102 valence electrons. The monoisotopic (exact) mass is 286 g/mol. The molecule has 2 heterocycles. The molecule has 0 fully saturated rings. The molecule has 0 aliphatic carbocycles. The van der Waals surface area contributed by atoms with Crippen molar-refractivity contribution in [3.05, 3.63) is 52.3 Å². The molecule has 0 atom stereocenters. The predicted octanol–water partition coefficient (Wildman–Crippen LogP) is 2.88. The van der Waals surface area contributed by atoms with Gasteiger partial charge in [-0.2, -0.15) is 0 Å². The summed E-state index contributed by atoms with van der Waals surface area (Å²) in [5.41, 5.74) is 10.7. The van der Waals surface area contributed by atoms with Gasteiger partial charge >= 0.3 is 0 Å². The van der Waals surface area contributed by atoms with E-state index < -0.39 is 0 Å². The second kappa shape index (κ2) is 5.13. The Morgan fingerprint density at radius 1 is 1.35 bits per heavy atom. The van der Waals surface area contributed by atoms with Crippen LogP contribution in [0.3, 0.4) is 0 Å². The Labute approximate surface area is 122 Å². The van der Waals surface area contributed by atoms with Crippen LogP contribution < -0.4 is 10.6 Å². The van der Waals surface area contributed by atoms with Crippen LogP contribution in [0, 0.1) is 5.41 Å². The summed E-state index contributed by atoms with van der Waals surface area (Å²) in [6.07, 6.45) is 5.98. The van der Waals surface area contributed by atoms with Crippen LogP contribution in [0.15, 0.2) is 30.6 Å². The van der Waals surface area contributed by atoms with Gasteiger partial charge in [0, 0.05) is 53.7 Å². The van der Waals surface area contributed by atoms with Gasteiger partial charge in [-0.15, -0.1) is 0 Å². The third kappa shape index (κ3) is 2.23. The number of nitrogens with one attached hydrogen (secondary N) is 1. The average molecular weight is 287 g/mol. The largest absolute Gasteiger partial charge is 0.398 e. The standard InChI is InChI=1S/C15H15ClN4/c16-12-5-14(18)13(7-17)15(6-12)20-4-2-10-1-3-19-8-11(10)9-20/h1,3,5-8,17H,2,4,9,18H2. The molecule has 3 N–H and O–H groups in total. The highest BCUT2D eigenvalue weighted by atomic mass is 35.5. The number of halogens is 1. The number of fused-ring (bicyclic) bond motifs is 1. The Balaban J connectivity index is 2.01. The fourth-order valence-corrected chi connectivity index (χ4v) is 2.85. The summed E-state index contributed by atoms with van der Waals surface area (Å²) in [4.78, 5) is 6.38. The van der Waals surface area contributed by atoms with Crippen molar-refractivity contribution in [2.75, 3.05) is 17.2 Å². The molecule has 0 saturated heterocycles. The van der Waals surface area contributed by atoms with Crippen LogP contribution in [0.2, 0.25) is 5.02 Å². The number of anilines is 2. The summed E-state index contributed by atoms with van der Waals surface area (Å²) in [5.74, 6) is 0. The topological polar surface area (TPSA) is 66.0 Å². The number of nitrogens with two attached hydrogens (primary N) is 1. The smallest absolute Gasteiger partial charge is 0.0494 e. The van der Waals surface area contributed by atoms with Crippen molar-refractivity contribution in [1.29, 1.82) is 5.41 Å². The molecule has 0 spiro atoms. The highest BCUT2D eigenvalue weighted by Crippen LogP contribution is 2.32. The van der Waals surface area contributed by atoms with Crippen LogP contribution in [-0.2, 0) is 13.0 Å². The minimum absolute atomic E-state index is 0.541. The molecule has 1 aliphatic rings. The van der Waals surface area contributed by atoms with E-state index >= 15 is 0 Å². The lowest BCUT2D eigenvalue weighted by Crippen LogP contribution is -2.31. The van der Waals surface area contributed by atoms with Gasteiger partial charge < -0.3 is 16.0 Å². The van der Waals surface area contributed by atoms with E-state index in [4.69, 9.17) is 22.7 Å². The van der Waals surface area contributed by atoms with Gasteiger partial charge in [-0.3, -0.25) is 4.98 Å². The molecule has 0 saturated carbocycles. The van der Waals surface area contributed by atoms with Crippen LogP contribution in [0.1, 0.15) is 16.7 Å². The third-order valence-electron chi connectivity index (χ3n) is 3.66. The molecular formula is C15H15ClN4. The molecule has 0 radical (unpaired) electrons. The van der Waals surface area contributed by atoms with E-state index in [1.54, 1.807) is 6.07 Å². The third-order valence-corrected chi connectivity index (χ3v) is 3.88. The van der Waals surface area contributed by atoms with Crippen molar-refractivity contribution in [1.82, 2.24) is 4.98 Å². The molecule has 0 amide bonds.